The number of nitrogen functional groups attached to an aromatic ring is 1. The van der Waals surface area contributed by atoms with E-state index in [0.717, 1.165) is 6.07 Å². The van der Waals surface area contributed by atoms with E-state index in [4.69, 9.17) is 22.1 Å². The molecule has 0 atom stereocenters. The second-order valence-electron chi connectivity index (χ2n) is 3.89. The summed E-state index contributed by atoms with van der Waals surface area (Å²) in [4.78, 5) is 15.8. The largest absolute Gasteiger partial charge is 0.494 e. The summed E-state index contributed by atoms with van der Waals surface area (Å²) in [6.07, 6.45) is 1.28. The van der Waals surface area contributed by atoms with E-state index in [1.165, 1.54) is 31.5 Å². The van der Waals surface area contributed by atoms with Crippen LogP contribution in [0.15, 0.2) is 30.5 Å². The number of hydrogen-bond donors (Lipinski definition) is 2. The summed E-state index contributed by atoms with van der Waals surface area (Å²) in [6.45, 7) is 0. The molecule has 0 radical (unpaired) electrons. The molecule has 1 aromatic carbocycles. The van der Waals surface area contributed by atoms with E-state index in [2.05, 4.69) is 10.3 Å². The van der Waals surface area contributed by atoms with Crippen LogP contribution >= 0.6 is 11.6 Å². The van der Waals surface area contributed by atoms with E-state index >= 15 is 0 Å². The number of carbonyl (C=O) groups excluding carboxylic acids is 1. The van der Waals surface area contributed by atoms with E-state index in [1.54, 1.807) is 0 Å². The lowest BCUT2D eigenvalue weighted by atomic mass is 10.2. The molecule has 0 aliphatic carbocycles. The Balaban J connectivity index is 2.23. The van der Waals surface area contributed by atoms with Gasteiger partial charge < -0.3 is 15.8 Å². The molecule has 0 unspecified atom stereocenters. The number of benzene rings is 1. The summed E-state index contributed by atoms with van der Waals surface area (Å²) >= 11 is 5.86. The van der Waals surface area contributed by atoms with Crippen molar-refractivity contribution in [3.05, 3.63) is 46.9 Å². The molecule has 1 heterocycles. The highest BCUT2D eigenvalue weighted by Gasteiger charge is 2.13. The van der Waals surface area contributed by atoms with Crippen molar-refractivity contribution in [1.29, 1.82) is 0 Å². The second kappa shape index (κ2) is 5.75. The first-order valence-electron chi connectivity index (χ1n) is 5.57. The second-order valence-corrected chi connectivity index (χ2v) is 4.30. The topological polar surface area (TPSA) is 77.2 Å². The van der Waals surface area contributed by atoms with Crippen LogP contribution in [-0.4, -0.2) is 18.0 Å². The van der Waals surface area contributed by atoms with Crippen molar-refractivity contribution in [3.8, 4) is 5.75 Å². The number of nitrogens with one attached hydrogen (secondary N) is 1. The van der Waals surface area contributed by atoms with Crippen LogP contribution in [0.3, 0.4) is 0 Å². The highest BCUT2D eigenvalue weighted by atomic mass is 35.5. The number of anilines is 2. The van der Waals surface area contributed by atoms with Crippen molar-refractivity contribution in [2.24, 2.45) is 0 Å². The highest BCUT2D eigenvalue weighted by Crippen LogP contribution is 2.22. The van der Waals surface area contributed by atoms with Crippen LogP contribution in [0.25, 0.3) is 0 Å². The van der Waals surface area contributed by atoms with Crippen LogP contribution in [0.2, 0.25) is 5.02 Å². The van der Waals surface area contributed by atoms with Gasteiger partial charge >= 0.3 is 0 Å². The summed E-state index contributed by atoms with van der Waals surface area (Å²) in [5, 5.41) is 2.67. The number of halogens is 2. The Hall–Kier alpha value is -2.34. The summed E-state index contributed by atoms with van der Waals surface area (Å²) in [7, 11) is 1.36. The predicted octanol–water partition coefficient (Wildman–Crippen LogP) is 2.72. The number of amides is 1. The maximum absolute atomic E-state index is 13.5. The van der Waals surface area contributed by atoms with Crippen molar-refractivity contribution >= 4 is 29.0 Å². The van der Waals surface area contributed by atoms with Gasteiger partial charge in [0.1, 0.15) is 5.82 Å². The van der Waals surface area contributed by atoms with Gasteiger partial charge in [-0.15, -0.1) is 0 Å². The zero-order valence-electron chi connectivity index (χ0n) is 10.5. The fourth-order valence-corrected chi connectivity index (χ4v) is 1.76. The van der Waals surface area contributed by atoms with E-state index in [9.17, 15) is 9.18 Å². The van der Waals surface area contributed by atoms with Gasteiger partial charge in [0, 0.05) is 18.0 Å². The number of aromatic nitrogens is 1. The van der Waals surface area contributed by atoms with Gasteiger partial charge in [-0.2, -0.15) is 0 Å². The Labute approximate surface area is 119 Å². The molecule has 3 N–H and O–H groups in total. The van der Waals surface area contributed by atoms with Gasteiger partial charge in [-0.25, -0.2) is 9.37 Å². The lowest BCUT2D eigenvalue weighted by molar-refractivity contribution is 0.102. The molecule has 0 bridgehead atoms. The van der Waals surface area contributed by atoms with E-state index in [0.29, 0.717) is 0 Å². The fourth-order valence-electron chi connectivity index (χ4n) is 1.57. The summed E-state index contributed by atoms with van der Waals surface area (Å²) in [6, 6.07) is 5.42. The number of ether oxygens (including phenoxy) is 1. The SMILES string of the molecule is COc1ccc(NC(=O)c2cc(N)ncc2Cl)cc1F. The molecule has 0 saturated heterocycles. The first kappa shape index (κ1) is 14.1. The molecule has 0 spiro atoms. The number of nitrogens with zero attached hydrogens (tertiary/aromatic N) is 1. The van der Waals surface area contributed by atoms with Crippen LogP contribution < -0.4 is 15.8 Å². The lowest BCUT2D eigenvalue weighted by Gasteiger charge is -2.08. The minimum atomic E-state index is -0.578. The van der Waals surface area contributed by atoms with E-state index < -0.39 is 11.7 Å². The maximum Gasteiger partial charge on any atom is 0.257 e. The van der Waals surface area contributed by atoms with Crippen molar-refractivity contribution in [1.82, 2.24) is 4.98 Å². The number of rotatable bonds is 3. The summed E-state index contributed by atoms with van der Waals surface area (Å²) in [5.41, 5.74) is 5.93. The molecule has 20 heavy (non-hydrogen) atoms. The number of methoxy groups -OCH3 is 1. The number of carbonyl (C=O) groups is 1. The third kappa shape index (κ3) is 2.97. The Morgan fingerprint density at radius 3 is 2.85 bits per heavy atom. The Bertz CT molecular complexity index is 664. The monoisotopic (exact) mass is 295 g/mol. The molecular weight excluding hydrogens is 285 g/mol. The van der Waals surface area contributed by atoms with Crippen LogP contribution in [0, 0.1) is 5.82 Å². The third-order valence-corrected chi connectivity index (χ3v) is 2.83. The smallest absolute Gasteiger partial charge is 0.257 e. The number of hydrogen-bond acceptors (Lipinski definition) is 4. The molecule has 1 amide bonds. The Morgan fingerprint density at radius 1 is 1.45 bits per heavy atom. The maximum atomic E-state index is 13.5. The predicted molar refractivity (Wildman–Crippen MR) is 74.6 cm³/mol. The van der Waals surface area contributed by atoms with Crippen LogP contribution in [0.5, 0.6) is 5.75 Å². The Kier molecular flexibility index (Phi) is 4.05. The van der Waals surface area contributed by atoms with Crippen LogP contribution in [-0.2, 0) is 0 Å². The molecule has 2 aromatic rings. The van der Waals surface area contributed by atoms with Gasteiger partial charge in [0.2, 0.25) is 0 Å². The average molecular weight is 296 g/mol. The summed E-state index contributed by atoms with van der Waals surface area (Å²) in [5.74, 6) is -0.825. The minimum absolute atomic E-state index is 0.0918. The quantitative estimate of drug-likeness (QED) is 0.912. The van der Waals surface area contributed by atoms with Gasteiger partial charge in [-0.1, -0.05) is 11.6 Å². The van der Waals surface area contributed by atoms with Crippen molar-refractivity contribution in [2.45, 2.75) is 0 Å². The molecule has 0 aliphatic heterocycles. The molecule has 1 aromatic heterocycles. The molecule has 0 aliphatic rings. The standard InChI is InChI=1S/C13H11ClFN3O2/c1-20-11-3-2-7(4-10(11)15)18-13(19)8-5-12(16)17-6-9(8)14/h2-6H,1H3,(H2,16,17)(H,18,19). The van der Waals surface area contributed by atoms with Crippen molar-refractivity contribution in [2.75, 3.05) is 18.2 Å². The molecule has 0 saturated carbocycles. The number of nitrogens with two attached hydrogens (primary N) is 1. The van der Waals surface area contributed by atoms with Gasteiger partial charge in [-0.3, -0.25) is 4.79 Å². The van der Waals surface area contributed by atoms with Crippen molar-refractivity contribution in [3.63, 3.8) is 0 Å². The first-order valence-corrected chi connectivity index (χ1v) is 5.95. The average Bonchev–Trinajstić information content (AvgIpc) is 2.41. The first-order chi connectivity index (χ1) is 9.51. The zero-order chi connectivity index (χ0) is 14.7. The van der Waals surface area contributed by atoms with E-state index in [-0.39, 0.29) is 27.8 Å². The van der Waals surface area contributed by atoms with Gasteiger partial charge in [0.05, 0.1) is 17.7 Å². The van der Waals surface area contributed by atoms with Crippen molar-refractivity contribution < 1.29 is 13.9 Å². The van der Waals surface area contributed by atoms with Crippen LogP contribution in [0.4, 0.5) is 15.9 Å². The summed E-state index contributed by atoms with van der Waals surface area (Å²) < 4.78 is 18.3. The van der Waals surface area contributed by atoms with Gasteiger partial charge in [0.15, 0.2) is 11.6 Å². The highest BCUT2D eigenvalue weighted by molar-refractivity contribution is 6.34. The van der Waals surface area contributed by atoms with E-state index in [1.807, 2.05) is 0 Å². The van der Waals surface area contributed by atoms with Gasteiger partial charge in [0.25, 0.3) is 5.91 Å². The molecule has 7 heteroatoms. The molecule has 2 rings (SSSR count). The molecule has 5 nitrogen and oxygen atoms in total. The molecule has 104 valence electrons. The lowest BCUT2D eigenvalue weighted by Crippen LogP contribution is -2.13. The zero-order valence-corrected chi connectivity index (χ0v) is 11.2. The number of pyridine rings is 1. The Morgan fingerprint density at radius 2 is 2.20 bits per heavy atom. The van der Waals surface area contributed by atoms with Gasteiger partial charge in [-0.05, 0) is 18.2 Å². The molecule has 0 fully saturated rings. The van der Waals surface area contributed by atoms with Crippen LogP contribution in [0.1, 0.15) is 10.4 Å². The third-order valence-electron chi connectivity index (χ3n) is 2.53. The molecular formula is C13H11ClFN3O2. The minimum Gasteiger partial charge on any atom is -0.494 e. The normalized spacial score (nSPS) is 10.2. The fraction of sp³-hybridized carbons (Fsp3) is 0.0769.